The van der Waals surface area contributed by atoms with Crippen molar-refractivity contribution in [3.63, 3.8) is 0 Å². The fraction of sp³-hybridized carbons (Fsp3) is 0.667. The van der Waals surface area contributed by atoms with Crippen molar-refractivity contribution in [3.8, 4) is 0 Å². The van der Waals surface area contributed by atoms with E-state index in [0.717, 1.165) is 6.42 Å². The van der Waals surface area contributed by atoms with Crippen molar-refractivity contribution in [1.82, 2.24) is 4.90 Å². The molecule has 0 amide bonds. The second-order valence-corrected chi connectivity index (χ2v) is 5.21. The number of hydrogen-bond acceptors (Lipinski definition) is 4. The van der Waals surface area contributed by atoms with Crippen molar-refractivity contribution in [2.45, 2.75) is 25.5 Å². The first kappa shape index (κ1) is 13.6. The number of nitrogens with zero attached hydrogens (tertiary/aromatic N) is 1. The molecule has 0 spiro atoms. The molecule has 0 aliphatic heterocycles. The van der Waals surface area contributed by atoms with Crippen LogP contribution in [0.1, 0.15) is 11.8 Å². The van der Waals surface area contributed by atoms with Gasteiger partial charge in [-0.2, -0.15) is 0 Å². The van der Waals surface area contributed by atoms with E-state index >= 15 is 0 Å². The molecule has 0 bridgehead atoms. The van der Waals surface area contributed by atoms with E-state index in [-0.39, 0.29) is 0 Å². The first-order chi connectivity index (χ1) is 7.63. The molecule has 0 aliphatic carbocycles. The van der Waals surface area contributed by atoms with Crippen LogP contribution in [0, 0.1) is 0 Å². The zero-order valence-electron chi connectivity index (χ0n) is 10.2. The minimum atomic E-state index is -0.402. The van der Waals surface area contributed by atoms with Crippen molar-refractivity contribution >= 4 is 11.3 Å². The molecule has 1 aromatic rings. The number of likely N-dealkylation sites (N-methyl/N-ethyl adjacent to an activating group) is 1. The van der Waals surface area contributed by atoms with Crippen LogP contribution in [0.4, 0.5) is 0 Å². The number of aliphatic hydroxyl groups excluding tert-OH is 1. The van der Waals surface area contributed by atoms with E-state index in [1.54, 1.807) is 18.4 Å². The van der Waals surface area contributed by atoms with Crippen LogP contribution < -0.4 is 0 Å². The molecular formula is C12H21NO2S. The highest BCUT2D eigenvalue weighted by atomic mass is 32.1. The van der Waals surface area contributed by atoms with Gasteiger partial charge >= 0.3 is 0 Å². The third-order valence-corrected chi connectivity index (χ3v) is 3.59. The molecule has 4 heteroatoms. The molecule has 1 aromatic heterocycles. The van der Waals surface area contributed by atoms with E-state index in [1.165, 1.54) is 4.88 Å². The summed E-state index contributed by atoms with van der Waals surface area (Å²) in [4.78, 5) is 3.56. The van der Waals surface area contributed by atoms with Crippen LogP contribution in [0.5, 0.6) is 0 Å². The molecule has 2 unspecified atom stereocenters. The van der Waals surface area contributed by atoms with E-state index in [0.29, 0.717) is 19.2 Å². The Balaban J connectivity index is 2.32. The lowest BCUT2D eigenvalue weighted by Gasteiger charge is -2.26. The number of ether oxygens (including phenoxy) is 1. The fourth-order valence-corrected chi connectivity index (χ4v) is 2.46. The molecular weight excluding hydrogens is 222 g/mol. The largest absolute Gasteiger partial charge is 0.389 e. The number of aliphatic hydroxyl groups is 1. The van der Waals surface area contributed by atoms with Gasteiger partial charge in [-0.3, -0.25) is 0 Å². The Morgan fingerprint density at radius 3 is 2.88 bits per heavy atom. The van der Waals surface area contributed by atoms with Gasteiger partial charge in [0.2, 0.25) is 0 Å². The number of thiophene rings is 1. The maximum Gasteiger partial charge on any atom is 0.0900 e. The lowest BCUT2D eigenvalue weighted by Crippen LogP contribution is -2.38. The second kappa shape index (κ2) is 7.01. The minimum absolute atomic E-state index is 0.399. The fourth-order valence-electron chi connectivity index (χ4n) is 1.63. The van der Waals surface area contributed by atoms with E-state index < -0.39 is 6.10 Å². The number of rotatable bonds is 7. The van der Waals surface area contributed by atoms with Crippen LogP contribution in [0.2, 0.25) is 0 Å². The summed E-state index contributed by atoms with van der Waals surface area (Å²) in [6.07, 6.45) is 0.634. The second-order valence-electron chi connectivity index (χ2n) is 4.18. The molecule has 2 atom stereocenters. The Bertz CT molecular complexity index is 277. The average molecular weight is 243 g/mol. The molecule has 1 rings (SSSR count). The van der Waals surface area contributed by atoms with Crippen LogP contribution in [-0.2, 0) is 11.2 Å². The smallest absolute Gasteiger partial charge is 0.0900 e. The highest BCUT2D eigenvalue weighted by Gasteiger charge is 2.14. The monoisotopic (exact) mass is 243 g/mol. The molecule has 0 aliphatic rings. The van der Waals surface area contributed by atoms with E-state index in [4.69, 9.17) is 4.74 Å². The maximum atomic E-state index is 9.63. The van der Waals surface area contributed by atoms with Gasteiger partial charge in [0.15, 0.2) is 0 Å². The Kier molecular flexibility index (Phi) is 5.98. The first-order valence-electron chi connectivity index (χ1n) is 5.53. The molecule has 1 heterocycles. The summed E-state index contributed by atoms with van der Waals surface area (Å²) < 4.78 is 4.92. The molecule has 0 radical (unpaired) electrons. The molecule has 16 heavy (non-hydrogen) atoms. The third kappa shape index (κ3) is 4.61. The van der Waals surface area contributed by atoms with E-state index in [2.05, 4.69) is 29.3 Å². The zero-order chi connectivity index (χ0) is 12.0. The zero-order valence-corrected chi connectivity index (χ0v) is 11.0. The van der Waals surface area contributed by atoms with Crippen LogP contribution in [-0.4, -0.2) is 49.5 Å². The van der Waals surface area contributed by atoms with Crippen molar-refractivity contribution in [2.24, 2.45) is 0 Å². The summed E-state index contributed by atoms with van der Waals surface area (Å²) in [5.41, 5.74) is 0. The van der Waals surface area contributed by atoms with Crippen molar-refractivity contribution in [3.05, 3.63) is 22.4 Å². The topological polar surface area (TPSA) is 32.7 Å². The third-order valence-electron chi connectivity index (χ3n) is 2.69. The summed E-state index contributed by atoms with van der Waals surface area (Å²) in [6.45, 7) is 3.23. The molecule has 0 saturated heterocycles. The minimum Gasteiger partial charge on any atom is -0.389 e. The van der Waals surface area contributed by atoms with Gasteiger partial charge in [-0.05, 0) is 31.8 Å². The number of hydrogen-bond donors (Lipinski definition) is 1. The Hall–Kier alpha value is -0.420. The van der Waals surface area contributed by atoms with Gasteiger partial charge in [0, 0.05) is 24.6 Å². The summed E-state index contributed by atoms with van der Waals surface area (Å²) in [6, 6.07) is 4.66. The van der Waals surface area contributed by atoms with Crippen LogP contribution >= 0.6 is 11.3 Å². The van der Waals surface area contributed by atoms with Crippen LogP contribution in [0.25, 0.3) is 0 Å². The summed E-state index contributed by atoms with van der Waals surface area (Å²) >= 11 is 1.78. The highest BCUT2D eigenvalue weighted by Crippen LogP contribution is 2.13. The molecule has 0 saturated carbocycles. The van der Waals surface area contributed by atoms with Crippen molar-refractivity contribution in [2.75, 3.05) is 27.3 Å². The van der Waals surface area contributed by atoms with Crippen molar-refractivity contribution < 1.29 is 9.84 Å². The van der Waals surface area contributed by atoms with Gasteiger partial charge in [0.25, 0.3) is 0 Å². The molecule has 0 fully saturated rings. The van der Waals surface area contributed by atoms with Gasteiger partial charge in [0.1, 0.15) is 0 Å². The van der Waals surface area contributed by atoms with Gasteiger partial charge in [-0.15, -0.1) is 11.3 Å². The molecule has 1 N–H and O–H groups in total. The normalized spacial score (nSPS) is 15.3. The molecule has 0 aromatic carbocycles. The lowest BCUT2D eigenvalue weighted by atomic mass is 10.1. The maximum absolute atomic E-state index is 9.63. The first-order valence-corrected chi connectivity index (χ1v) is 6.41. The summed E-state index contributed by atoms with van der Waals surface area (Å²) in [5.74, 6) is 0. The number of methoxy groups -OCH3 is 1. The molecule has 92 valence electrons. The Morgan fingerprint density at radius 2 is 2.31 bits per heavy atom. The summed E-state index contributed by atoms with van der Waals surface area (Å²) in [5, 5.41) is 11.7. The van der Waals surface area contributed by atoms with Gasteiger partial charge < -0.3 is 14.7 Å². The Labute approximate surface area is 102 Å². The van der Waals surface area contributed by atoms with Gasteiger partial charge in [0.05, 0.1) is 12.7 Å². The van der Waals surface area contributed by atoms with Crippen molar-refractivity contribution in [1.29, 1.82) is 0 Å². The van der Waals surface area contributed by atoms with E-state index in [9.17, 15) is 5.11 Å². The van der Waals surface area contributed by atoms with Gasteiger partial charge in [-0.1, -0.05) is 6.07 Å². The lowest BCUT2D eigenvalue weighted by molar-refractivity contribution is 0.0360. The predicted octanol–water partition coefficient (Wildman–Crippen LogP) is 1.62. The summed E-state index contributed by atoms with van der Waals surface area (Å²) in [7, 11) is 3.65. The standard InChI is InChI=1S/C12H21NO2S/c1-10(7-12-5-4-6-16-12)13(2)8-11(14)9-15-3/h4-6,10-11,14H,7-9H2,1-3H3. The highest BCUT2D eigenvalue weighted by molar-refractivity contribution is 7.09. The van der Waals surface area contributed by atoms with Crippen LogP contribution in [0.15, 0.2) is 17.5 Å². The van der Waals surface area contributed by atoms with Crippen LogP contribution in [0.3, 0.4) is 0 Å². The quantitative estimate of drug-likeness (QED) is 0.790. The molecule has 3 nitrogen and oxygen atoms in total. The SMILES string of the molecule is COCC(O)CN(C)C(C)Cc1cccs1. The van der Waals surface area contributed by atoms with E-state index in [1.807, 2.05) is 7.05 Å². The average Bonchev–Trinajstić information content (AvgIpc) is 2.70. The predicted molar refractivity (Wildman–Crippen MR) is 68.0 cm³/mol. The Morgan fingerprint density at radius 1 is 1.56 bits per heavy atom. The van der Waals surface area contributed by atoms with Gasteiger partial charge in [-0.25, -0.2) is 0 Å².